The zero-order valence-corrected chi connectivity index (χ0v) is 11.8. The van der Waals surface area contributed by atoms with Gasteiger partial charge in [-0.3, -0.25) is 4.98 Å². The van der Waals surface area contributed by atoms with E-state index in [2.05, 4.69) is 51.7 Å². The molecular weight excluding hydrogens is 209 g/mol. The molecule has 92 valence electrons. The van der Waals surface area contributed by atoms with Crippen LogP contribution in [0.15, 0.2) is 12.1 Å². The zero-order valence-electron chi connectivity index (χ0n) is 11.8. The fourth-order valence-corrected chi connectivity index (χ4v) is 2.48. The first-order chi connectivity index (χ1) is 7.73. The molecule has 3 heteroatoms. The summed E-state index contributed by atoms with van der Waals surface area (Å²) in [5, 5.41) is 0. The van der Waals surface area contributed by atoms with Crippen LogP contribution in [0.4, 0.5) is 0 Å². The summed E-state index contributed by atoms with van der Waals surface area (Å²) in [6, 6.07) is 4.24. The standard InChI is InChI=1S/C14H22BNO/c1-10-7-8-12(11(2)16-10)15-9-13(3,4)14(5,6)17-15/h7-8H,9H2,1-6H3. The predicted octanol–water partition coefficient (Wildman–Crippen LogP) is 2.73. The van der Waals surface area contributed by atoms with Gasteiger partial charge in [0.1, 0.15) is 0 Å². The Bertz CT molecular complexity index is 424. The summed E-state index contributed by atoms with van der Waals surface area (Å²) in [4.78, 5) is 4.53. The van der Waals surface area contributed by atoms with Crippen LogP contribution in [0.2, 0.25) is 6.32 Å². The van der Waals surface area contributed by atoms with Gasteiger partial charge in [0, 0.05) is 11.4 Å². The molecule has 1 saturated heterocycles. The molecule has 0 bridgehead atoms. The maximum atomic E-state index is 6.23. The van der Waals surface area contributed by atoms with Gasteiger partial charge >= 0.3 is 6.92 Å². The molecule has 0 unspecified atom stereocenters. The van der Waals surface area contributed by atoms with E-state index in [1.165, 1.54) is 5.46 Å². The lowest BCUT2D eigenvalue weighted by molar-refractivity contribution is 0.0375. The Labute approximate surface area is 105 Å². The quantitative estimate of drug-likeness (QED) is 0.693. The third kappa shape index (κ3) is 2.13. The average Bonchev–Trinajstić information content (AvgIpc) is 2.35. The van der Waals surface area contributed by atoms with E-state index in [4.69, 9.17) is 4.65 Å². The van der Waals surface area contributed by atoms with E-state index >= 15 is 0 Å². The lowest BCUT2D eigenvalue weighted by Gasteiger charge is -2.34. The molecule has 1 fully saturated rings. The van der Waals surface area contributed by atoms with Crippen molar-refractivity contribution in [3.05, 3.63) is 23.5 Å². The summed E-state index contributed by atoms with van der Waals surface area (Å²) in [6.07, 6.45) is 1.06. The molecule has 1 aliphatic heterocycles. The zero-order chi connectivity index (χ0) is 12.8. The monoisotopic (exact) mass is 231 g/mol. The summed E-state index contributed by atoms with van der Waals surface area (Å²) < 4.78 is 6.23. The van der Waals surface area contributed by atoms with Crippen LogP contribution in [0.5, 0.6) is 0 Å². The van der Waals surface area contributed by atoms with Crippen molar-refractivity contribution in [3.8, 4) is 0 Å². The maximum Gasteiger partial charge on any atom is 0.329 e. The molecule has 0 atom stereocenters. The third-order valence-electron chi connectivity index (χ3n) is 4.38. The minimum absolute atomic E-state index is 0.0744. The summed E-state index contributed by atoms with van der Waals surface area (Å²) in [6.45, 7) is 13.2. The summed E-state index contributed by atoms with van der Waals surface area (Å²) in [5.41, 5.74) is 3.55. The smallest absolute Gasteiger partial charge is 0.329 e. The molecule has 2 heterocycles. The fraction of sp³-hybridized carbons (Fsp3) is 0.643. The number of pyridine rings is 1. The average molecular weight is 231 g/mol. The molecule has 0 aliphatic carbocycles. The van der Waals surface area contributed by atoms with Crippen LogP contribution >= 0.6 is 0 Å². The minimum atomic E-state index is -0.0744. The molecule has 2 rings (SSSR count). The first-order valence-corrected chi connectivity index (χ1v) is 6.35. The van der Waals surface area contributed by atoms with Crippen molar-refractivity contribution in [3.63, 3.8) is 0 Å². The summed E-state index contributed by atoms with van der Waals surface area (Å²) in [5.74, 6) is 0. The van der Waals surface area contributed by atoms with Gasteiger partial charge in [-0.25, -0.2) is 0 Å². The molecule has 2 nitrogen and oxygen atoms in total. The van der Waals surface area contributed by atoms with Gasteiger partial charge in [-0.05, 0) is 51.0 Å². The Morgan fingerprint density at radius 2 is 1.82 bits per heavy atom. The first kappa shape index (κ1) is 12.6. The molecule has 0 spiro atoms. The van der Waals surface area contributed by atoms with Gasteiger partial charge < -0.3 is 4.65 Å². The molecule has 0 amide bonds. The Morgan fingerprint density at radius 1 is 1.18 bits per heavy atom. The van der Waals surface area contributed by atoms with E-state index in [0.717, 1.165) is 17.7 Å². The third-order valence-corrected chi connectivity index (χ3v) is 4.38. The number of aryl methyl sites for hydroxylation is 2. The van der Waals surface area contributed by atoms with Gasteiger partial charge in [-0.2, -0.15) is 0 Å². The Morgan fingerprint density at radius 3 is 2.29 bits per heavy atom. The van der Waals surface area contributed by atoms with Crippen LogP contribution in [0, 0.1) is 19.3 Å². The van der Waals surface area contributed by atoms with Gasteiger partial charge in [0.25, 0.3) is 0 Å². The maximum absolute atomic E-state index is 6.23. The second kappa shape index (κ2) is 3.84. The van der Waals surface area contributed by atoms with E-state index in [0.29, 0.717) is 0 Å². The predicted molar refractivity (Wildman–Crippen MR) is 72.9 cm³/mol. The van der Waals surface area contributed by atoms with Gasteiger partial charge in [0.15, 0.2) is 0 Å². The molecule has 1 aliphatic rings. The van der Waals surface area contributed by atoms with Gasteiger partial charge in [0.2, 0.25) is 0 Å². The van der Waals surface area contributed by atoms with Crippen molar-refractivity contribution in [2.75, 3.05) is 0 Å². The number of rotatable bonds is 1. The van der Waals surface area contributed by atoms with Crippen molar-refractivity contribution in [1.29, 1.82) is 0 Å². The highest BCUT2D eigenvalue weighted by atomic mass is 16.5. The van der Waals surface area contributed by atoms with E-state index in [9.17, 15) is 0 Å². The molecular formula is C14H22BNO. The van der Waals surface area contributed by atoms with Crippen LogP contribution in [0.3, 0.4) is 0 Å². The largest absolute Gasteiger partial charge is 0.425 e. The first-order valence-electron chi connectivity index (χ1n) is 6.35. The fourth-order valence-electron chi connectivity index (χ4n) is 2.48. The molecule has 1 aromatic heterocycles. The van der Waals surface area contributed by atoms with Crippen molar-refractivity contribution >= 4 is 12.4 Å². The summed E-state index contributed by atoms with van der Waals surface area (Å²) >= 11 is 0. The van der Waals surface area contributed by atoms with Crippen molar-refractivity contribution in [2.45, 2.75) is 53.5 Å². The molecule has 0 saturated carbocycles. The highest BCUT2D eigenvalue weighted by Crippen LogP contribution is 2.45. The molecule has 0 N–H and O–H groups in total. The Hall–Kier alpha value is -0.825. The van der Waals surface area contributed by atoms with E-state index in [-0.39, 0.29) is 17.9 Å². The normalized spacial score (nSPS) is 21.9. The SMILES string of the molecule is Cc1ccc(B2CC(C)(C)C(C)(C)O2)c(C)n1. The number of aromatic nitrogens is 1. The Kier molecular flexibility index (Phi) is 2.85. The number of nitrogens with zero attached hydrogens (tertiary/aromatic N) is 1. The number of hydrogen-bond acceptors (Lipinski definition) is 2. The topological polar surface area (TPSA) is 22.1 Å². The lowest BCUT2D eigenvalue weighted by Crippen LogP contribution is -2.37. The molecule has 0 radical (unpaired) electrons. The van der Waals surface area contributed by atoms with E-state index in [1.54, 1.807) is 0 Å². The molecule has 17 heavy (non-hydrogen) atoms. The van der Waals surface area contributed by atoms with Crippen molar-refractivity contribution in [2.24, 2.45) is 5.41 Å². The van der Waals surface area contributed by atoms with Crippen LogP contribution in [-0.4, -0.2) is 17.5 Å². The Balaban J connectivity index is 2.32. The minimum Gasteiger partial charge on any atom is -0.425 e. The highest BCUT2D eigenvalue weighted by Gasteiger charge is 2.50. The molecule has 0 aromatic carbocycles. The van der Waals surface area contributed by atoms with Crippen molar-refractivity contribution in [1.82, 2.24) is 4.98 Å². The van der Waals surface area contributed by atoms with Gasteiger partial charge in [0.05, 0.1) is 5.60 Å². The second-order valence-electron chi connectivity index (χ2n) is 6.33. The van der Waals surface area contributed by atoms with Crippen LogP contribution in [0.25, 0.3) is 0 Å². The van der Waals surface area contributed by atoms with Crippen LogP contribution < -0.4 is 5.46 Å². The second-order valence-corrected chi connectivity index (χ2v) is 6.33. The van der Waals surface area contributed by atoms with Crippen LogP contribution in [-0.2, 0) is 4.65 Å². The summed E-state index contributed by atoms with van der Waals surface area (Å²) in [7, 11) is 0. The number of hydrogen-bond donors (Lipinski definition) is 0. The van der Waals surface area contributed by atoms with Crippen LogP contribution in [0.1, 0.15) is 39.1 Å². The lowest BCUT2D eigenvalue weighted by atomic mass is 9.54. The van der Waals surface area contributed by atoms with Gasteiger partial charge in [-0.1, -0.05) is 19.9 Å². The molecule has 1 aromatic rings. The van der Waals surface area contributed by atoms with Gasteiger partial charge in [-0.15, -0.1) is 0 Å². The highest BCUT2D eigenvalue weighted by molar-refractivity contribution is 6.68. The van der Waals surface area contributed by atoms with Crippen molar-refractivity contribution < 1.29 is 4.65 Å². The van der Waals surface area contributed by atoms with E-state index < -0.39 is 0 Å². The van der Waals surface area contributed by atoms with E-state index in [1.807, 2.05) is 6.92 Å².